The van der Waals surface area contributed by atoms with Crippen molar-refractivity contribution in [2.45, 2.75) is 6.54 Å². The van der Waals surface area contributed by atoms with E-state index in [-0.39, 0.29) is 0 Å². The van der Waals surface area contributed by atoms with Gasteiger partial charge in [0.05, 0.1) is 17.3 Å². The summed E-state index contributed by atoms with van der Waals surface area (Å²) in [6.45, 7) is 1.78. The van der Waals surface area contributed by atoms with Gasteiger partial charge in [-0.15, -0.1) is 0 Å². The van der Waals surface area contributed by atoms with E-state index in [2.05, 4.69) is 49.0 Å². The zero-order valence-electron chi connectivity index (χ0n) is 14.8. The number of fused-ring (bicyclic) bond motifs is 2. The Kier molecular flexibility index (Phi) is 4.47. The molecule has 1 aliphatic heterocycles. The van der Waals surface area contributed by atoms with E-state index >= 15 is 0 Å². The molecule has 1 N–H and O–H groups in total. The second kappa shape index (κ2) is 7.27. The molecule has 0 radical (unpaired) electrons. The Morgan fingerprint density at radius 1 is 1.04 bits per heavy atom. The number of benzene rings is 2. The molecule has 0 saturated heterocycles. The lowest BCUT2D eigenvalue weighted by molar-refractivity contribution is 0.171. The molecule has 0 spiro atoms. The molecule has 0 bridgehead atoms. The second-order valence-corrected chi connectivity index (χ2v) is 7.57. The Morgan fingerprint density at radius 3 is 2.82 bits per heavy atom. The zero-order valence-corrected chi connectivity index (χ0v) is 17.0. The molecule has 140 valence electrons. The fraction of sp³-hybridized carbons (Fsp3) is 0.150. The molecule has 28 heavy (non-hydrogen) atoms. The summed E-state index contributed by atoms with van der Waals surface area (Å²) in [5, 5.41) is 8.77. The van der Waals surface area contributed by atoms with Crippen LogP contribution in [0.1, 0.15) is 5.56 Å². The Hall–Kier alpha value is -2.88. The van der Waals surface area contributed by atoms with Crippen molar-refractivity contribution < 1.29 is 9.47 Å². The molecule has 8 heteroatoms. The van der Waals surface area contributed by atoms with Crippen LogP contribution in [0.3, 0.4) is 0 Å². The van der Waals surface area contributed by atoms with Crippen molar-refractivity contribution in [3.8, 4) is 17.2 Å². The number of aromatic nitrogens is 4. The molecule has 4 aromatic rings. The molecule has 1 aliphatic rings. The molecule has 0 amide bonds. The molecular formula is C20H16IN5O2. The maximum absolute atomic E-state index is 5.66. The summed E-state index contributed by atoms with van der Waals surface area (Å²) in [6.07, 6.45) is 3.35. The summed E-state index contributed by atoms with van der Waals surface area (Å²) in [4.78, 5) is 8.83. The van der Waals surface area contributed by atoms with E-state index in [4.69, 9.17) is 9.47 Å². The summed E-state index contributed by atoms with van der Waals surface area (Å²) in [5.41, 5.74) is 2.82. The molecule has 2 aromatic heterocycles. The quantitative estimate of drug-likeness (QED) is 0.444. The van der Waals surface area contributed by atoms with E-state index in [1.165, 1.54) is 0 Å². The summed E-state index contributed by atoms with van der Waals surface area (Å²) < 4.78 is 14.2. The highest BCUT2D eigenvalue weighted by Gasteiger charge is 2.13. The molecule has 5 rings (SSSR count). The molecule has 2 aromatic carbocycles. The summed E-state index contributed by atoms with van der Waals surface area (Å²) in [7, 11) is 0. The SMILES string of the molecule is Ic1cccc(-n2ncc3c(NCc4ccc5c(c4)OCCO5)ncnc32)c1. The van der Waals surface area contributed by atoms with Crippen LogP contribution >= 0.6 is 22.6 Å². The monoisotopic (exact) mass is 485 g/mol. The molecule has 0 saturated carbocycles. The van der Waals surface area contributed by atoms with E-state index in [1.54, 1.807) is 12.5 Å². The van der Waals surface area contributed by atoms with Gasteiger partial charge in [0, 0.05) is 10.1 Å². The number of nitrogens with one attached hydrogen (secondary N) is 1. The van der Waals surface area contributed by atoms with Crippen LogP contribution < -0.4 is 14.8 Å². The van der Waals surface area contributed by atoms with Crippen molar-refractivity contribution in [3.63, 3.8) is 0 Å². The number of ether oxygens (including phenoxy) is 2. The Morgan fingerprint density at radius 2 is 1.93 bits per heavy atom. The number of hydrogen-bond acceptors (Lipinski definition) is 6. The van der Waals surface area contributed by atoms with E-state index in [9.17, 15) is 0 Å². The number of nitrogens with zero attached hydrogens (tertiary/aromatic N) is 4. The minimum Gasteiger partial charge on any atom is -0.486 e. The first-order valence-corrected chi connectivity index (χ1v) is 9.93. The molecule has 0 atom stereocenters. The van der Waals surface area contributed by atoms with Gasteiger partial charge in [-0.2, -0.15) is 5.10 Å². The Labute approximate surface area is 174 Å². The van der Waals surface area contributed by atoms with Gasteiger partial charge in [0.1, 0.15) is 25.4 Å². The van der Waals surface area contributed by atoms with Crippen molar-refractivity contribution in [2.75, 3.05) is 18.5 Å². The topological polar surface area (TPSA) is 74.1 Å². The standard InChI is InChI=1S/C20H16IN5O2/c21-14-2-1-3-15(9-14)26-20-16(11-25-26)19(23-12-24-20)22-10-13-4-5-17-18(8-13)28-7-6-27-17/h1-5,8-9,11-12H,6-7,10H2,(H,22,23,24). The fourth-order valence-corrected chi connectivity index (χ4v) is 3.69. The Balaban J connectivity index is 1.42. The van der Waals surface area contributed by atoms with Crippen molar-refractivity contribution in [1.29, 1.82) is 0 Å². The van der Waals surface area contributed by atoms with Crippen LogP contribution in [0, 0.1) is 3.57 Å². The van der Waals surface area contributed by atoms with Gasteiger partial charge >= 0.3 is 0 Å². The highest BCUT2D eigenvalue weighted by molar-refractivity contribution is 14.1. The summed E-state index contributed by atoms with van der Waals surface area (Å²) in [6, 6.07) is 14.1. The first-order valence-electron chi connectivity index (χ1n) is 8.85. The second-order valence-electron chi connectivity index (χ2n) is 6.33. The van der Waals surface area contributed by atoms with Crippen LogP contribution in [0.25, 0.3) is 16.7 Å². The fourth-order valence-electron chi connectivity index (χ4n) is 3.17. The van der Waals surface area contributed by atoms with Crippen molar-refractivity contribution in [1.82, 2.24) is 19.7 Å². The van der Waals surface area contributed by atoms with Crippen molar-refractivity contribution >= 4 is 39.4 Å². The molecule has 0 unspecified atom stereocenters. The third kappa shape index (κ3) is 3.24. The van der Waals surface area contributed by atoms with Gasteiger partial charge in [-0.3, -0.25) is 0 Å². The zero-order chi connectivity index (χ0) is 18.9. The molecule has 3 heterocycles. The maximum Gasteiger partial charge on any atom is 0.168 e. The van der Waals surface area contributed by atoms with E-state index in [0.717, 1.165) is 43.2 Å². The third-order valence-electron chi connectivity index (χ3n) is 4.49. The van der Waals surface area contributed by atoms with Crippen molar-refractivity contribution in [3.05, 3.63) is 64.1 Å². The molecule has 0 fully saturated rings. The van der Waals surface area contributed by atoms with Gasteiger partial charge in [-0.05, 0) is 58.5 Å². The van der Waals surface area contributed by atoms with Gasteiger partial charge in [0.15, 0.2) is 17.1 Å². The van der Waals surface area contributed by atoms with Gasteiger partial charge < -0.3 is 14.8 Å². The van der Waals surface area contributed by atoms with Crippen LogP contribution in [-0.4, -0.2) is 33.0 Å². The largest absolute Gasteiger partial charge is 0.486 e. The average molecular weight is 485 g/mol. The van der Waals surface area contributed by atoms with Crippen LogP contribution in [0.2, 0.25) is 0 Å². The molecule has 7 nitrogen and oxygen atoms in total. The lowest BCUT2D eigenvalue weighted by Gasteiger charge is -2.19. The van der Waals surface area contributed by atoms with Gasteiger partial charge in [-0.1, -0.05) is 12.1 Å². The van der Waals surface area contributed by atoms with E-state index in [1.807, 2.05) is 41.1 Å². The lowest BCUT2D eigenvalue weighted by Crippen LogP contribution is -2.15. The predicted octanol–water partition coefficient (Wildman–Crippen LogP) is 3.80. The highest BCUT2D eigenvalue weighted by Crippen LogP contribution is 2.31. The first kappa shape index (κ1) is 17.2. The predicted molar refractivity (Wildman–Crippen MR) is 114 cm³/mol. The number of hydrogen-bond donors (Lipinski definition) is 1. The smallest absolute Gasteiger partial charge is 0.168 e. The van der Waals surface area contributed by atoms with Crippen LogP contribution in [0.4, 0.5) is 5.82 Å². The van der Waals surface area contributed by atoms with Gasteiger partial charge in [-0.25, -0.2) is 14.6 Å². The van der Waals surface area contributed by atoms with Crippen LogP contribution in [-0.2, 0) is 6.54 Å². The van der Waals surface area contributed by atoms with Gasteiger partial charge in [0.2, 0.25) is 0 Å². The number of halogens is 1. The van der Waals surface area contributed by atoms with E-state index < -0.39 is 0 Å². The number of rotatable bonds is 4. The highest BCUT2D eigenvalue weighted by atomic mass is 127. The third-order valence-corrected chi connectivity index (χ3v) is 5.16. The minimum absolute atomic E-state index is 0.577. The first-order chi connectivity index (χ1) is 13.8. The maximum atomic E-state index is 5.66. The van der Waals surface area contributed by atoms with Crippen LogP contribution in [0.5, 0.6) is 11.5 Å². The van der Waals surface area contributed by atoms with E-state index in [0.29, 0.717) is 19.8 Å². The Bertz CT molecular complexity index is 1160. The van der Waals surface area contributed by atoms with Crippen molar-refractivity contribution in [2.24, 2.45) is 0 Å². The van der Waals surface area contributed by atoms with Crippen LogP contribution in [0.15, 0.2) is 55.0 Å². The molecular weight excluding hydrogens is 469 g/mol. The normalized spacial score (nSPS) is 12.9. The number of anilines is 1. The molecule has 0 aliphatic carbocycles. The minimum atomic E-state index is 0.577. The van der Waals surface area contributed by atoms with Gasteiger partial charge in [0.25, 0.3) is 0 Å². The summed E-state index contributed by atoms with van der Waals surface area (Å²) >= 11 is 2.29. The lowest BCUT2D eigenvalue weighted by atomic mass is 10.2. The summed E-state index contributed by atoms with van der Waals surface area (Å²) in [5.74, 6) is 2.32. The average Bonchev–Trinajstić information content (AvgIpc) is 3.17.